The Hall–Kier alpha value is -2.56. The smallest absolute Gasteiger partial charge is 0.231 e. The van der Waals surface area contributed by atoms with Crippen LogP contribution in [-0.4, -0.2) is 19.2 Å². The van der Waals surface area contributed by atoms with Crippen LogP contribution in [0.3, 0.4) is 0 Å². The number of rotatable bonds is 4. The van der Waals surface area contributed by atoms with E-state index in [1.165, 1.54) is 12.1 Å². The summed E-state index contributed by atoms with van der Waals surface area (Å²) in [5.74, 6) is 1.16. The number of hydrogen-bond acceptors (Lipinski definition) is 4. The Bertz CT molecular complexity index is 697. The maximum atomic E-state index is 13.1. The van der Waals surface area contributed by atoms with E-state index in [1.54, 1.807) is 31.2 Å². The van der Waals surface area contributed by atoms with Crippen molar-refractivity contribution < 1.29 is 23.4 Å². The molecule has 1 aliphatic rings. The van der Waals surface area contributed by atoms with Gasteiger partial charge < -0.3 is 14.2 Å². The monoisotopic (exact) mass is 288 g/mol. The van der Waals surface area contributed by atoms with Crippen molar-refractivity contribution in [3.63, 3.8) is 0 Å². The summed E-state index contributed by atoms with van der Waals surface area (Å²) in [5, 5.41) is 0. The van der Waals surface area contributed by atoms with Gasteiger partial charge in [-0.15, -0.1) is 0 Å². The molecule has 0 saturated carbocycles. The van der Waals surface area contributed by atoms with Gasteiger partial charge in [-0.1, -0.05) is 0 Å². The fraction of sp³-hybridized carbons (Fsp3) is 0.188. The van der Waals surface area contributed by atoms with E-state index in [-0.39, 0.29) is 25.0 Å². The van der Waals surface area contributed by atoms with Crippen molar-refractivity contribution in [1.29, 1.82) is 0 Å². The van der Waals surface area contributed by atoms with Gasteiger partial charge in [0.2, 0.25) is 6.79 Å². The molecular formula is C16H13FO4. The van der Waals surface area contributed by atoms with Crippen LogP contribution < -0.4 is 14.2 Å². The summed E-state index contributed by atoms with van der Waals surface area (Å²) in [7, 11) is 0. The average Bonchev–Trinajstić information content (AvgIpc) is 2.95. The summed E-state index contributed by atoms with van der Waals surface area (Å²) in [6.07, 6.45) is 0. The van der Waals surface area contributed by atoms with Gasteiger partial charge in [0, 0.05) is 5.56 Å². The Morgan fingerprint density at radius 3 is 2.81 bits per heavy atom. The predicted molar refractivity (Wildman–Crippen MR) is 73.5 cm³/mol. The highest BCUT2D eigenvalue weighted by atomic mass is 19.1. The lowest BCUT2D eigenvalue weighted by Crippen LogP contribution is -2.11. The summed E-state index contributed by atoms with van der Waals surface area (Å²) in [6, 6.07) is 9.35. The molecule has 3 rings (SSSR count). The molecule has 21 heavy (non-hydrogen) atoms. The first kappa shape index (κ1) is 13.4. The fourth-order valence-corrected chi connectivity index (χ4v) is 2.01. The molecular weight excluding hydrogens is 275 g/mol. The summed E-state index contributed by atoms with van der Waals surface area (Å²) < 4.78 is 28.9. The van der Waals surface area contributed by atoms with Gasteiger partial charge in [-0.05, 0) is 48.9 Å². The molecule has 0 bridgehead atoms. The number of halogens is 1. The Labute approximate surface area is 121 Å². The van der Waals surface area contributed by atoms with Gasteiger partial charge in [-0.2, -0.15) is 0 Å². The number of ketones is 1. The molecule has 108 valence electrons. The first-order chi connectivity index (χ1) is 10.1. The molecule has 2 aromatic carbocycles. The zero-order valence-corrected chi connectivity index (χ0v) is 11.4. The van der Waals surface area contributed by atoms with Crippen LogP contribution in [0.4, 0.5) is 4.39 Å². The lowest BCUT2D eigenvalue weighted by Gasteiger charge is -2.07. The molecule has 2 aromatic rings. The number of carbonyl (C=O) groups is 1. The molecule has 0 unspecified atom stereocenters. The lowest BCUT2D eigenvalue weighted by atomic mass is 10.1. The summed E-state index contributed by atoms with van der Waals surface area (Å²) in [5.41, 5.74) is 0.959. The Kier molecular flexibility index (Phi) is 3.48. The standard InChI is InChI=1S/C16H13FO4/c1-10-6-12(3-4-13(10)17)19-8-14(18)11-2-5-15-16(7-11)21-9-20-15/h2-7H,8-9H2,1H3. The second-order valence-corrected chi connectivity index (χ2v) is 4.69. The first-order valence-electron chi connectivity index (χ1n) is 6.45. The molecule has 0 atom stereocenters. The van der Waals surface area contributed by atoms with Crippen LogP contribution in [0.15, 0.2) is 36.4 Å². The first-order valence-corrected chi connectivity index (χ1v) is 6.45. The van der Waals surface area contributed by atoms with Crippen molar-refractivity contribution in [2.45, 2.75) is 6.92 Å². The third kappa shape index (κ3) is 2.81. The molecule has 0 amide bonds. The van der Waals surface area contributed by atoms with Crippen molar-refractivity contribution >= 4 is 5.78 Å². The van der Waals surface area contributed by atoms with Crippen LogP contribution in [0, 0.1) is 12.7 Å². The summed E-state index contributed by atoms with van der Waals surface area (Å²) in [4.78, 5) is 12.1. The molecule has 0 aromatic heterocycles. The predicted octanol–water partition coefficient (Wildman–Crippen LogP) is 3.12. The summed E-state index contributed by atoms with van der Waals surface area (Å²) >= 11 is 0. The zero-order chi connectivity index (χ0) is 14.8. The van der Waals surface area contributed by atoms with Gasteiger partial charge in [0.05, 0.1) is 0 Å². The zero-order valence-electron chi connectivity index (χ0n) is 11.4. The molecule has 0 radical (unpaired) electrons. The number of hydrogen-bond donors (Lipinski definition) is 0. The molecule has 1 heterocycles. The van der Waals surface area contributed by atoms with Gasteiger partial charge in [0.25, 0.3) is 0 Å². The van der Waals surface area contributed by atoms with E-state index in [2.05, 4.69) is 0 Å². The molecule has 0 fully saturated rings. The van der Waals surface area contributed by atoms with Gasteiger partial charge in [0.15, 0.2) is 23.9 Å². The van der Waals surface area contributed by atoms with E-state index < -0.39 is 0 Å². The lowest BCUT2D eigenvalue weighted by molar-refractivity contribution is 0.0921. The molecule has 1 aliphatic heterocycles. The quantitative estimate of drug-likeness (QED) is 0.811. The third-order valence-electron chi connectivity index (χ3n) is 3.19. The number of Topliss-reactive ketones (excluding diaryl/α,β-unsaturated/α-hetero) is 1. The number of fused-ring (bicyclic) bond motifs is 1. The van der Waals surface area contributed by atoms with Crippen LogP contribution in [0.25, 0.3) is 0 Å². The maximum absolute atomic E-state index is 13.1. The van der Waals surface area contributed by atoms with Crippen molar-refractivity contribution in [1.82, 2.24) is 0 Å². The SMILES string of the molecule is Cc1cc(OCC(=O)c2ccc3c(c2)OCO3)ccc1F. The van der Waals surface area contributed by atoms with E-state index in [4.69, 9.17) is 14.2 Å². The molecule has 0 saturated heterocycles. The second kappa shape index (κ2) is 5.44. The van der Waals surface area contributed by atoms with Crippen LogP contribution in [0.1, 0.15) is 15.9 Å². The van der Waals surface area contributed by atoms with Crippen molar-refractivity contribution in [3.8, 4) is 17.2 Å². The number of aryl methyl sites for hydroxylation is 1. The van der Waals surface area contributed by atoms with Gasteiger partial charge in [0.1, 0.15) is 11.6 Å². The van der Waals surface area contributed by atoms with Crippen molar-refractivity contribution in [2.24, 2.45) is 0 Å². The van der Waals surface area contributed by atoms with E-state index in [9.17, 15) is 9.18 Å². The number of carbonyl (C=O) groups excluding carboxylic acids is 1. The van der Waals surface area contributed by atoms with E-state index >= 15 is 0 Å². The molecule has 0 aliphatic carbocycles. The highest BCUT2D eigenvalue weighted by molar-refractivity contribution is 5.97. The van der Waals surface area contributed by atoms with Gasteiger partial charge >= 0.3 is 0 Å². The van der Waals surface area contributed by atoms with Gasteiger partial charge in [-0.3, -0.25) is 4.79 Å². The molecule has 5 heteroatoms. The second-order valence-electron chi connectivity index (χ2n) is 4.69. The fourth-order valence-electron chi connectivity index (χ4n) is 2.01. The third-order valence-corrected chi connectivity index (χ3v) is 3.19. The highest BCUT2D eigenvalue weighted by Gasteiger charge is 2.16. The largest absolute Gasteiger partial charge is 0.485 e. The van der Waals surface area contributed by atoms with Crippen molar-refractivity contribution in [3.05, 3.63) is 53.3 Å². The minimum absolute atomic E-state index is 0.120. The minimum atomic E-state index is -0.301. The Balaban J connectivity index is 1.67. The molecule has 0 spiro atoms. The van der Waals surface area contributed by atoms with Crippen LogP contribution in [-0.2, 0) is 0 Å². The maximum Gasteiger partial charge on any atom is 0.231 e. The van der Waals surface area contributed by atoms with Crippen LogP contribution in [0.2, 0.25) is 0 Å². The molecule has 0 N–H and O–H groups in total. The topological polar surface area (TPSA) is 44.8 Å². The minimum Gasteiger partial charge on any atom is -0.485 e. The molecule has 4 nitrogen and oxygen atoms in total. The van der Waals surface area contributed by atoms with Crippen LogP contribution >= 0.6 is 0 Å². The van der Waals surface area contributed by atoms with E-state index in [0.717, 1.165) is 0 Å². The van der Waals surface area contributed by atoms with Gasteiger partial charge in [-0.25, -0.2) is 4.39 Å². The number of ether oxygens (including phenoxy) is 3. The van der Waals surface area contributed by atoms with E-state index in [0.29, 0.717) is 28.4 Å². The Morgan fingerprint density at radius 1 is 1.19 bits per heavy atom. The van der Waals surface area contributed by atoms with Crippen molar-refractivity contribution in [2.75, 3.05) is 13.4 Å². The highest BCUT2D eigenvalue weighted by Crippen LogP contribution is 2.32. The van der Waals surface area contributed by atoms with Crippen LogP contribution in [0.5, 0.6) is 17.2 Å². The number of benzene rings is 2. The average molecular weight is 288 g/mol. The summed E-state index contributed by atoms with van der Waals surface area (Å²) in [6.45, 7) is 1.69. The normalized spacial score (nSPS) is 12.3. The Morgan fingerprint density at radius 2 is 2.00 bits per heavy atom. The van der Waals surface area contributed by atoms with E-state index in [1.807, 2.05) is 0 Å².